The summed E-state index contributed by atoms with van der Waals surface area (Å²) in [6.45, 7) is 6.25. The van der Waals surface area contributed by atoms with Crippen molar-refractivity contribution in [3.63, 3.8) is 0 Å². The monoisotopic (exact) mass is 275 g/mol. The van der Waals surface area contributed by atoms with Gasteiger partial charge < -0.3 is 5.32 Å². The maximum atomic E-state index is 4.00. The van der Waals surface area contributed by atoms with Gasteiger partial charge >= 0.3 is 0 Å². The van der Waals surface area contributed by atoms with Gasteiger partial charge in [-0.2, -0.15) is 0 Å². The van der Waals surface area contributed by atoms with Gasteiger partial charge in [0.15, 0.2) is 0 Å². The molecule has 1 heteroatoms. The lowest BCUT2D eigenvalue weighted by molar-refractivity contribution is -0.0707. The summed E-state index contributed by atoms with van der Waals surface area (Å²) in [5, 5.41) is 4.00. The lowest BCUT2D eigenvalue weighted by Crippen LogP contribution is -2.55. The summed E-state index contributed by atoms with van der Waals surface area (Å²) >= 11 is 0. The second-order valence-electron chi connectivity index (χ2n) is 9.19. The fourth-order valence-corrected chi connectivity index (χ4v) is 6.78. The van der Waals surface area contributed by atoms with Gasteiger partial charge in [-0.15, -0.1) is 0 Å². The Bertz CT molecular complexity index is 325. The van der Waals surface area contributed by atoms with Crippen molar-refractivity contribution in [1.82, 2.24) is 5.32 Å². The van der Waals surface area contributed by atoms with Crippen LogP contribution in [-0.2, 0) is 0 Å². The zero-order chi connectivity index (χ0) is 13.7. The molecule has 20 heavy (non-hydrogen) atoms. The van der Waals surface area contributed by atoms with E-state index in [2.05, 4.69) is 19.2 Å². The Hall–Kier alpha value is -0.0400. The van der Waals surface area contributed by atoms with Gasteiger partial charge in [-0.1, -0.05) is 13.3 Å². The van der Waals surface area contributed by atoms with E-state index >= 15 is 0 Å². The molecule has 3 unspecified atom stereocenters. The van der Waals surface area contributed by atoms with Crippen molar-refractivity contribution in [3.8, 4) is 0 Å². The summed E-state index contributed by atoms with van der Waals surface area (Å²) in [5.74, 6) is 5.24. The van der Waals surface area contributed by atoms with Crippen molar-refractivity contribution < 1.29 is 0 Å². The summed E-state index contributed by atoms with van der Waals surface area (Å²) in [7, 11) is 0. The first kappa shape index (κ1) is 13.6. The highest BCUT2D eigenvalue weighted by atomic mass is 14.9. The number of hydrogen-bond donors (Lipinski definition) is 1. The lowest BCUT2D eigenvalue weighted by atomic mass is 9.48. The molecule has 0 aliphatic heterocycles. The Morgan fingerprint density at radius 2 is 1.55 bits per heavy atom. The van der Waals surface area contributed by atoms with Gasteiger partial charge in [0, 0.05) is 6.04 Å². The molecule has 0 amide bonds. The van der Waals surface area contributed by atoms with Gasteiger partial charge in [0.1, 0.15) is 0 Å². The van der Waals surface area contributed by atoms with Crippen molar-refractivity contribution in [2.45, 2.75) is 77.7 Å². The Kier molecular flexibility index (Phi) is 3.41. The quantitative estimate of drug-likeness (QED) is 0.789. The molecule has 5 rings (SSSR count). The minimum Gasteiger partial charge on any atom is -0.313 e. The Morgan fingerprint density at radius 1 is 0.950 bits per heavy atom. The minimum atomic E-state index is 0.693. The molecule has 0 radical (unpaired) electrons. The highest BCUT2D eigenvalue weighted by Crippen LogP contribution is 2.61. The third kappa shape index (κ3) is 2.34. The van der Waals surface area contributed by atoms with Gasteiger partial charge in [0.05, 0.1) is 0 Å². The molecule has 3 atom stereocenters. The minimum absolute atomic E-state index is 0.693. The van der Waals surface area contributed by atoms with Crippen LogP contribution in [0.15, 0.2) is 0 Å². The molecule has 1 nitrogen and oxygen atoms in total. The van der Waals surface area contributed by atoms with E-state index < -0.39 is 0 Å². The fourth-order valence-electron chi connectivity index (χ4n) is 6.78. The molecule has 0 spiro atoms. The predicted molar refractivity (Wildman–Crippen MR) is 84.6 cm³/mol. The van der Waals surface area contributed by atoms with Crippen LogP contribution in [0.25, 0.3) is 0 Å². The van der Waals surface area contributed by atoms with Crippen LogP contribution in [0, 0.1) is 35.0 Å². The molecular weight excluding hydrogens is 242 g/mol. The van der Waals surface area contributed by atoms with Crippen molar-refractivity contribution in [2.75, 3.05) is 6.54 Å². The first-order chi connectivity index (χ1) is 9.63. The fraction of sp³-hybridized carbons (Fsp3) is 1.00. The molecular formula is C19H33N. The first-order valence-corrected chi connectivity index (χ1v) is 9.36. The van der Waals surface area contributed by atoms with Crippen LogP contribution in [0.1, 0.15) is 71.6 Å². The van der Waals surface area contributed by atoms with Crippen LogP contribution < -0.4 is 5.32 Å². The van der Waals surface area contributed by atoms with Crippen LogP contribution in [0.3, 0.4) is 0 Å². The number of hydrogen-bond acceptors (Lipinski definition) is 1. The molecule has 0 saturated heterocycles. The molecule has 114 valence electrons. The third-order valence-electron chi connectivity index (χ3n) is 7.52. The van der Waals surface area contributed by atoms with E-state index in [1.54, 1.807) is 38.5 Å². The van der Waals surface area contributed by atoms with Crippen molar-refractivity contribution >= 4 is 0 Å². The molecule has 0 aromatic heterocycles. The van der Waals surface area contributed by atoms with E-state index in [4.69, 9.17) is 0 Å². The van der Waals surface area contributed by atoms with E-state index in [-0.39, 0.29) is 0 Å². The molecule has 4 bridgehead atoms. The summed E-state index contributed by atoms with van der Waals surface area (Å²) < 4.78 is 0. The topological polar surface area (TPSA) is 12.0 Å². The maximum absolute atomic E-state index is 4.00. The van der Waals surface area contributed by atoms with Crippen LogP contribution in [0.2, 0.25) is 0 Å². The second-order valence-corrected chi connectivity index (χ2v) is 9.19. The smallest absolute Gasteiger partial charge is 0.00956 e. The van der Waals surface area contributed by atoms with Crippen molar-refractivity contribution in [3.05, 3.63) is 0 Å². The van der Waals surface area contributed by atoms with E-state index in [0.717, 1.165) is 35.6 Å². The molecule has 5 aliphatic carbocycles. The molecule has 5 fully saturated rings. The largest absolute Gasteiger partial charge is 0.313 e. The van der Waals surface area contributed by atoms with Gasteiger partial charge in [0.2, 0.25) is 0 Å². The highest BCUT2D eigenvalue weighted by Gasteiger charge is 2.52. The van der Waals surface area contributed by atoms with E-state index in [1.165, 1.54) is 25.8 Å². The second kappa shape index (κ2) is 5.00. The standard InChI is InChI=1S/C19H33N/c1-13-3-4-15(5-13)12-20-14(2)19-9-16-6-17(10-19)8-18(7-16)11-19/h13-18,20H,3-12H2,1-2H3. The van der Waals surface area contributed by atoms with Gasteiger partial charge in [0.25, 0.3) is 0 Å². The Labute approximate surface area is 125 Å². The number of nitrogens with one attached hydrogen (secondary N) is 1. The van der Waals surface area contributed by atoms with Gasteiger partial charge in [-0.05, 0) is 99.8 Å². The molecule has 1 N–H and O–H groups in total. The normalized spacial score (nSPS) is 51.6. The highest BCUT2D eigenvalue weighted by molar-refractivity contribution is 5.05. The molecule has 0 heterocycles. The molecule has 0 aromatic carbocycles. The molecule has 5 saturated carbocycles. The Balaban J connectivity index is 1.37. The predicted octanol–water partition coefficient (Wildman–Crippen LogP) is 4.62. The lowest BCUT2D eigenvalue weighted by Gasteiger charge is -2.59. The van der Waals surface area contributed by atoms with Crippen LogP contribution in [0.4, 0.5) is 0 Å². The summed E-state index contributed by atoms with van der Waals surface area (Å²) in [5.41, 5.74) is 0.693. The van der Waals surface area contributed by atoms with Crippen LogP contribution in [-0.4, -0.2) is 12.6 Å². The van der Waals surface area contributed by atoms with E-state index in [0.29, 0.717) is 5.41 Å². The van der Waals surface area contributed by atoms with Crippen molar-refractivity contribution in [1.29, 1.82) is 0 Å². The average Bonchev–Trinajstić information content (AvgIpc) is 2.80. The zero-order valence-corrected chi connectivity index (χ0v) is 13.5. The van der Waals surface area contributed by atoms with Crippen molar-refractivity contribution in [2.24, 2.45) is 35.0 Å². The summed E-state index contributed by atoms with van der Waals surface area (Å²) in [6, 6.07) is 0.770. The van der Waals surface area contributed by atoms with Gasteiger partial charge in [-0.3, -0.25) is 0 Å². The van der Waals surface area contributed by atoms with Crippen LogP contribution in [0.5, 0.6) is 0 Å². The van der Waals surface area contributed by atoms with Crippen LogP contribution >= 0.6 is 0 Å². The maximum Gasteiger partial charge on any atom is 0.00956 e. The van der Waals surface area contributed by atoms with E-state index in [9.17, 15) is 0 Å². The third-order valence-corrected chi connectivity index (χ3v) is 7.52. The summed E-state index contributed by atoms with van der Waals surface area (Å²) in [6.07, 6.45) is 13.8. The SMILES string of the molecule is CC1CCC(CNC(C)C23CC4CC(CC(C4)C2)C3)C1. The summed E-state index contributed by atoms with van der Waals surface area (Å²) in [4.78, 5) is 0. The molecule has 0 aromatic rings. The zero-order valence-electron chi connectivity index (χ0n) is 13.5. The molecule has 5 aliphatic rings. The first-order valence-electron chi connectivity index (χ1n) is 9.36. The van der Waals surface area contributed by atoms with Gasteiger partial charge in [-0.25, -0.2) is 0 Å². The average molecular weight is 275 g/mol. The van der Waals surface area contributed by atoms with E-state index in [1.807, 2.05) is 0 Å². The Morgan fingerprint density at radius 3 is 2.05 bits per heavy atom. The number of rotatable bonds is 4.